The summed E-state index contributed by atoms with van der Waals surface area (Å²) in [5.41, 5.74) is 2.39. The van der Waals surface area contributed by atoms with Crippen LogP contribution in [0.25, 0.3) is 0 Å². The molecular formula is C9H10Cl2O2S. The molecule has 0 atom stereocenters. The van der Waals surface area contributed by atoms with Crippen LogP contribution < -0.4 is 0 Å². The van der Waals surface area contributed by atoms with E-state index in [0.29, 0.717) is 10.6 Å². The summed E-state index contributed by atoms with van der Waals surface area (Å²) in [4.78, 5) is 0. The van der Waals surface area contributed by atoms with Gasteiger partial charge in [0.1, 0.15) is 0 Å². The van der Waals surface area contributed by atoms with Gasteiger partial charge in [0.05, 0.1) is 5.75 Å². The first-order valence-electron chi connectivity index (χ1n) is 3.97. The van der Waals surface area contributed by atoms with E-state index >= 15 is 0 Å². The summed E-state index contributed by atoms with van der Waals surface area (Å²) in [7, 11) is 1.67. The largest absolute Gasteiger partial charge is 0.236 e. The first kappa shape index (κ1) is 11.8. The summed E-state index contributed by atoms with van der Waals surface area (Å²) >= 11 is 5.87. The van der Waals surface area contributed by atoms with Crippen molar-refractivity contribution < 1.29 is 8.42 Å². The maximum Gasteiger partial charge on any atom is 0.236 e. The van der Waals surface area contributed by atoms with Crippen molar-refractivity contribution in [3.05, 3.63) is 33.8 Å². The van der Waals surface area contributed by atoms with Gasteiger partial charge in [-0.2, -0.15) is 0 Å². The molecule has 2 nitrogen and oxygen atoms in total. The highest BCUT2D eigenvalue weighted by atomic mass is 35.7. The smallest absolute Gasteiger partial charge is 0.212 e. The van der Waals surface area contributed by atoms with Crippen LogP contribution in [-0.4, -0.2) is 8.42 Å². The minimum absolute atomic E-state index is 0.154. The van der Waals surface area contributed by atoms with Crippen molar-refractivity contribution >= 4 is 31.3 Å². The molecule has 0 aliphatic heterocycles. The van der Waals surface area contributed by atoms with Crippen LogP contribution in [0.4, 0.5) is 0 Å². The van der Waals surface area contributed by atoms with Crippen molar-refractivity contribution in [1.82, 2.24) is 0 Å². The summed E-state index contributed by atoms with van der Waals surface area (Å²) in [5, 5.41) is 0.637. The van der Waals surface area contributed by atoms with Gasteiger partial charge in [-0.05, 0) is 36.6 Å². The van der Waals surface area contributed by atoms with E-state index in [0.717, 1.165) is 11.1 Å². The zero-order valence-corrected chi connectivity index (χ0v) is 10.2. The molecule has 0 heterocycles. The second-order valence-electron chi connectivity index (χ2n) is 3.21. The van der Waals surface area contributed by atoms with E-state index in [-0.39, 0.29) is 5.75 Å². The summed E-state index contributed by atoms with van der Waals surface area (Å²) in [6, 6.07) is 3.49. The Hall–Kier alpha value is -0.250. The van der Waals surface area contributed by atoms with Gasteiger partial charge < -0.3 is 0 Å². The van der Waals surface area contributed by atoms with Gasteiger partial charge in [0.15, 0.2) is 0 Å². The Morgan fingerprint density at radius 3 is 2.29 bits per heavy atom. The maximum atomic E-state index is 10.9. The molecule has 0 amide bonds. The summed E-state index contributed by atoms with van der Waals surface area (Å²) in [5.74, 6) is -0.154. The van der Waals surface area contributed by atoms with Crippen molar-refractivity contribution in [1.29, 1.82) is 0 Å². The number of benzene rings is 1. The van der Waals surface area contributed by atoms with Gasteiger partial charge >= 0.3 is 0 Å². The quantitative estimate of drug-likeness (QED) is 0.759. The highest BCUT2D eigenvalue weighted by Gasteiger charge is 2.10. The second-order valence-corrected chi connectivity index (χ2v) is 6.40. The number of hydrogen-bond donors (Lipinski definition) is 0. The molecule has 0 saturated heterocycles. The van der Waals surface area contributed by atoms with Gasteiger partial charge in [-0.3, -0.25) is 0 Å². The molecule has 1 rings (SSSR count). The third kappa shape index (κ3) is 3.15. The molecule has 0 bridgehead atoms. The Labute approximate surface area is 93.3 Å². The predicted molar refractivity (Wildman–Crippen MR) is 59.4 cm³/mol. The van der Waals surface area contributed by atoms with Crippen molar-refractivity contribution in [2.24, 2.45) is 0 Å². The molecule has 0 fully saturated rings. The Balaban J connectivity index is 3.17. The minimum atomic E-state index is -3.50. The Bertz CT molecular complexity index is 452. The van der Waals surface area contributed by atoms with Crippen LogP contribution in [0.1, 0.15) is 16.7 Å². The van der Waals surface area contributed by atoms with Gasteiger partial charge in [-0.1, -0.05) is 17.7 Å². The van der Waals surface area contributed by atoms with Gasteiger partial charge in [-0.25, -0.2) is 8.42 Å². The van der Waals surface area contributed by atoms with Crippen LogP contribution in [0.3, 0.4) is 0 Å². The normalized spacial score (nSPS) is 11.7. The second kappa shape index (κ2) is 4.09. The molecule has 78 valence electrons. The van der Waals surface area contributed by atoms with Crippen LogP contribution >= 0.6 is 22.3 Å². The van der Waals surface area contributed by atoms with Crippen molar-refractivity contribution in [3.63, 3.8) is 0 Å². The predicted octanol–water partition coefficient (Wildman–Crippen LogP) is 3.03. The lowest BCUT2D eigenvalue weighted by Gasteiger charge is -2.06. The molecule has 1 aromatic rings. The van der Waals surface area contributed by atoms with Crippen molar-refractivity contribution in [2.45, 2.75) is 19.6 Å². The molecule has 5 heteroatoms. The summed E-state index contributed by atoms with van der Waals surface area (Å²) in [6.45, 7) is 3.63. The summed E-state index contributed by atoms with van der Waals surface area (Å²) in [6.07, 6.45) is 0. The zero-order valence-electron chi connectivity index (χ0n) is 7.84. The highest BCUT2D eigenvalue weighted by molar-refractivity contribution is 8.13. The number of hydrogen-bond acceptors (Lipinski definition) is 2. The van der Waals surface area contributed by atoms with Gasteiger partial charge in [0.2, 0.25) is 9.05 Å². The van der Waals surface area contributed by atoms with Crippen molar-refractivity contribution in [2.75, 3.05) is 0 Å². The lowest BCUT2D eigenvalue weighted by atomic mass is 10.1. The average molecular weight is 253 g/mol. The lowest BCUT2D eigenvalue weighted by Crippen LogP contribution is -1.98. The van der Waals surface area contributed by atoms with E-state index in [1.807, 2.05) is 13.8 Å². The number of rotatable bonds is 2. The van der Waals surface area contributed by atoms with E-state index in [9.17, 15) is 8.42 Å². The molecule has 14 heavy (non-hydrogen) atoms. The number of aryl methyl sites for hydroxylation is 2. The molecule has 1 aromatic carbocycles. The molecule has 0 N–H and O–H groups in total. The van der Waals surface area contributed by atoms with Crippen LogP contribution in [0.5, 0.6) is 0 Å². The monoisotopic (exact) mass is 252 g/mol. The van der Waals surface area contributed by atoms with Crippen LogP contribution in [0.15, 0.2) is 12.1 Å². The third-order valence-corrected chi connectivity index (χ3v) is 3.34. The maximum absolute atomic E-state index is 10.9. The Kier molecular flexibility index (Phi) is 3.45. The first-order valence-corrected chi connectivity index (χ1v) is 6.83. The minimum Gasteiger partial charge on any atom is -0.212 e. The molecule has 0 unspecified atom stereocenters. The van der Waals surface area contributed by atoms with Crippen LogP contribution in [0.2, 0.25) is 5.02 Å². The molecular weight excluding hydrogens is 243 g/mol. The van der Waals surface area contributed by atoms with Gasteiger partial charge in [0, 0.05) is 15.7 Å². The molecule has 0 radical (unpaired) electrons. The van der Waals surface area contributed by atoms with Crippen molar-refractivity contribution in [3.8, 4) is 0 Å². The Morgan fingerprint density at radius 1 is 1.21 bits per heavy atom. The standard InChI is InChI=1S/C9H10Cl2O2S/c1-6-4-9(10)7(2)3-8(6)5-14(11,12)13/h3-4H,5H2,1-2H3. The highest BCUT2D eigenvalue weighted by Crippen LogP contribution is 2.22. The lowest BCUT2D eigenvalue weighted by molar-refractivity contribution is 0.608. The van der Waals surface area contributed by atoms with Crippen LogP contribution in [-0.2, 0) is 14.8 Å². The molecule has 0 aromatic heterocycles. The van der Waals surface area contributed by atoms with Crippen LogP contribution in [0, 0.1) is 13.8 Å². The van der Waals surface area contributed by atoms with E-state index < -0.39 is 9.05 Å². The van der Waals surface area contributed by atoms with Gasteiger partial charge in [-0.15, -0.1) is 0 Å². The zero-order chi connectivity index (χ0) is 10.9. The first-order chi connectivity index (χ1) is 6.29. The average Bonchev–Trinajstić information content (AvgIpc) is 1.97. The molecule has 0 saturated carbocycles. The SMILES string of the molecule is Cc1cc(CS(=O)(=O)Cl)c(C)cc1Cl. The molecule has 0 spiro atoms. The van der Waals surface area contributed by atoms with E-state index in [2.05, 4.69) is 0 Å². The fourth-order valence-electron chi connectivity index (χ4n) is 1.18. The third-order valence-electron chi connectivity index (χ3n) is 1.95. The fourth-order valence-corrected chi connectivity index (χ4v) is 2.44. The van der Waals surface area contributed by atoms with E-state index in [1.165, 1.54) is 0 Å². The Morgan fingerprint density at radius 2 is 1.79 bits per heavy atom. The fraction of sp³-hybridized carbons (Fsp3) is 0.333. The van der Waals surface area contributed by atoms with Gasteiger partial charge in [0.25, 0.3) is 0 Å². The molecule has 0 aliphatic carbocycles. The summed E-state index contributed by atoms with van der Waals surface area (Å²) < 4.78 is 21.8. The van der Waals surface area contributed by atoms with E-state index in [4.69, 9.17) is 22.3 Å². The topological polar surface area (TPSA) is 34.1 Å². The van der Waals surface area contributed by atoms with E-state index in [1.54, 1.807) is 12.1 Å². The number of halogens is 2. The molecule has 0 aliphatic rings.